The van der Waals surface area contributed by atoms with Crippen molar-refractivity contribution >= 4 is 27.9 Å². The minimum atomic E-state index is -3.75. The van der Waals surface area contributed by atoms with Crippen LogP contribution < -0.4 is 0 Å². The Morgan fingerprint density at radius 2 is 2.00 bits per heavy atom. The van der Waals surface area contributed by atoms with E-state index in [0.717, 1.165) is 6.29 Å². The molecule has 1 fully saturated rings. The summed E-state index contributed by atoms with van der Waals surface area (Å²) in [5.74, 6) is -0.0868. The monoisotopic (exact) mass is 312 g/mol. The van der Waals surface area contributed by atoms with Gasteiger partial charge in [0.25, 0.3) is 0 Å². The third-order valence-corrected chi connectivity index (χ3v) is 5.55. The van der Waals surface area contributed by atoms with Crippen molar-refractivity contribution in [2.75, 3.05) is 13.1 Å². The predicted molar refractivity (Wildman–Crippen MR) is 73.7 cm³/mol. The average Bonchev–Trinajstić information content (AvgIpc) is 2.47. The summed E-state index contributed by atoms with van der Waals surface area (Å²) < 4.78 is 26.4. The van der Waals surface area contributed by atoms with Crippen LogP contribution in [0.1, 0.15) is 18.4 Å². The molecule has 1 saturated heterocycles. The lowest BCUT2D eigenvalue weighted by Crippen LogP contribution is -2.39. The molecule has 0 radical (unpaired) electrons. The molecule has 0 atom stereocenters. The van der Waals surface area contributed by atoms with Gasteiger partial charge in [0.2, 0.25) is 10.0 Å². The number of carbonyl (C=O) groups excluding carboxylic acids is 1. The van der Waals surface area contributed by atoms with E-state index >= 15 is 0 Å². The molecule has 1 aliphatic heterocycles. The highest BCUT2D eigenvalue weighted by Crippen LogP contribution is 2.27. The van der Waals surface area contributed by atoms with Crippen LogP contribution in [0.5, 0.6) is 0 Å². The maximum absolute atomic E-state index is 12.5. The lowest BCUT2D eigenvalue weighted by atomic mass is 10.0. The summed E-state index contributed by atoms with van der Waals surface area (Å²) in [7, 11) is -3.75. The van der Waals surface area contributed by atoms with Crippen LogP contribution in [0.25, 0.3) is 0 Å². The third kappa shape index (κ3) is 2.85. The number of nitriles is 1. The van der Waals surface area contributed by atoms with Gasteiger partial charge in [-0.3, -0.25) is 0 Å². The summed E-state index contributed by atoms with van der Waals surface area (Å²) in [6, 6.07) is 6.04. The van der Waals surface area contributed by atoms with Crippen molar-refractivity contribution in [2.45, 2.75) is 17.7 Å². The molecule has 0 aromatic heterocycles. The number of hydrogen-bond acceptors (Lipinski definition) is 4. The van der Waals surface area contributed by atoms with Gasteiger partial charge in [-0.2, -0.15) is 9.57 Å². The second-order valence-corrected chi connectivity index (χ2v) is 6.97. The van der Waals surface area contributed by atoms with Crippen LogP contribution in [0, 0.1) is 17.2 Å². The van der Waals surface area contributed by atoms with E-state index in [1.54, 1.807) is 0 Å². The molecule has 106 valence electrons. The first-order valence-corrected chi connectivity index (χ1v) is 7.96. The summed E-state index contributed by atoms with van der Waals surface area (Å²) >= 11 is 5.83. The molecular weight excluding hydrogens is 300 g/mol. The van der Waals surface area contributed by atoms with Crippen molar-refractivity contribution < 1.29 is 13.2 Å². The van der Waals surface area contributed by atoms with Gasteiger partial charge in [0, 0.05) is 24.0 Å². The maximum atomic E-state index is 12.5. The van der Waals surface area contributed by atoms with Crippen molar-refractivity contribution in [1.82, 2.24) is 4.31 Å². The fourth-order valence-electron chi connectivity index (χ4n) is 2.19. The molecule has 20 heavy (non-hydrogen) atoms. The van der Waals surface area contributed by atoms with Gasteiger partial charge in [0.1, 0.15) is 17.3 Å². The molecule has 2 rings (SSSR count). The Morgan fingerprint density at radius 1 is 1.35 bits per heavy atom. The Hall–Kier alpha value is -1.42. The predicted octanol–water partition coefficient (Wildman–Crippen LogP) is 1.81. The Morgan fingerprint density at radius 3 is 2.55 bits per heavy atom. The molecule has 5 nitrogen and oxygen atoms in total. The van der Waals surface area contributed by atoms with Crippen LogP contribution in [0.3, 0.4) is 0 Å². The zero-order chi connectivity index (χ0) is 14.8. The molecule has 1 aromatic carbocycles. The van der Waals surface area contributed by atoms with Crippen molar-refractivity contribution in [3.05, 3.63) is 28.8 Å². The SMILES string of the molecule is N#Cc1ccc(Cl)cc1S(=O)(=O)N1CCC(C=O)CC1. The highest BCUT2D eigenvalue weighted by Gasteiger charge is 2.31. The topological polar surface area (TPSA) is 78.2 Å². The second-order valence-electron chi connectivity index (χ2n) is 4.63. The number of rotatable bonds is 3. The molecule has 0 unspecified atom stereocenters. The number of halogens is 1. The van der Waals surface area contributed by atoms with Crippen LogP contribution in [0.2, 0.25) is 5.02 Å². The fourth-order valence-corrected chi connectivity index (χ4v) is 4.07. The molecule has 0 bridgehead atoms. The summed E-state index contributed by atoms with van der Waals surface area (Å²) in [5.41, 5.74) is 0.0758. The lowest BCUT2D eigenvalue weighted by molar-refractivity contribution is -0.112. The number of carbonyl (C=O) groups is 1. The number of hydrogen-bond donors (Lipinski definition) is 0. The number of sulfonamides is 1. The van der Waals surface area contributed by atoms with Gasteiger partial charge in [0.15, 0.2) is 0 Å². The van der Waals surface area contributed by atoms with Crippen LogP contribution in [0.15, 0.2) is 23.1 Å². The van der Waals surface area contributed by atoms with E-state index in [0.29, 0.717) is 12.8 Å². The number of aldehydes is 1. The first kappa shape index (κ1) is 15.0. The molecule has 0 spiro atoms. The zero-order valence-electron chi connectivity index (χ0n) is 10.6. The smallest absolute Gasteiger partial charge is 0.244 e. The molecule has 0 N–H and O–H groups in total. The van der Waals surface area contributed by atoms with E-state index in [9.17, 15) is 13.2 Å². The van der Waals surface area contributed by atoms with E-state index in [1.807, 2.05) is 6.07 Å². The van der Waals surface area contributed by atoms with Gasteiger partial charge in [0.05, 0.1) is 5.56 Å². The average molecular weight is 313 g/mol. The molecule has 1 aliphatic rings. The minimum Gasteiger partial charge on any atom is -0.303 e. The number of piperidine rings is 1. The van der Waals surface area contributed by atoms with Gasteiger partial charge in [-0.05, 0) is 31.0 Å². The lowest BCUT2D eigenvalue weighted by Gasteiger charge is -2.29. The van der Waals surface area contributed by atoms with E-state index in [2.05, 4.69) is 0 Å². The summed E-state index contributed by atoms with van der Waals surface area (Å²) in [5, 5.41) is 9.30. The van der Waals surface area contributed by atoms with Gasteiger partial charge in [-0.25, -0.2) is 8.42 Å². The normalized spacial score (nSPS) is 17.6. The molecule has 0 amide bonds. The van der Waals surface area contributed by atoms with E-state index in [-0.39, 0.29) is 34.5 Å². The van der Waals surface area contributed by atoms with Crippen LogP contribution >= 0.6 is 11.6 Å². The Balaban J connectivity index is 2.34. The third-order valence-electron chi connectivity index (χ3n) is 3.37. The minimum absolute atomic E-state index is 0.0722. The van der Waals surface area contributed by atoms with Gasteiger partial charge in [-0.1, -0.05) is 11.6 Å². The number of benzene rings is 1. The van der Waals surface area contributed by atoms with Gasteiger partial charge >= 0.3 is 0 Å². The van der Waals surface area contributed by atoms with Gasteiger partial charge < -0.3 is 4.79 Å². The van der Waals surface area contributed by atoms with E-state index < -0.39 is 10.0 Å². The van der Waals surface area contributed by atoms with Gasteiger partial charge in [-0.15, -0.1) is 0 Å². The van der Waals surface area contributed by atoms with Crippen molar-refractivity contribution in [2.24, 2.45) is 5.92 Å². The van der Waals surface area contributed by atoms with Crippen molar-refractivity contribution in [3.8, 4) is 6.07 Å². The Labute approximate surface area is 122 Å². The molecule has 1 heterocycles. The molecule has 7 heteroatoms. The van der Waals surface area contributed by atoms with Crippen molar-refractivity contribution in [1.29, 1.82) is 5.26 Å². The Kier molecular flexibility index (Phi) is 4.43. The molecule has 0 saturated carbocycles. The van der Waals surface area contributed by atoms with E-state index in [4.69, 9.17) is 16.9 Å². The Bertz CT molecular complexity index is 659. The van der Waals surface area contributed by atoms with Crippen LogP contribution in [-0.2, 0) is 14.8 Å². The molecule has 1 aromatic rings. The highest BCUT2D eigenvalue weighted by atomic mass is 35.5. The largest absolute Gasteiger partial charge is 0.303 e. The first-order chi connectivity index (χ1) is 9.48. The summed E-state index contributed by atoms with van der Waals surface area (Å²) in [4.78, 5) is 10.6. The van der Waals surface area contributed by atoms with Crippen LogP contribution in [-0.4, -0.2) is 32.1 Å². The van der Waals surface area contributed by atoms with Crippen LogP contribution in [0.4, 0.5) is 0 Å². The second kappa shape index (κ2) is 5.92. The summed E-state index contributed by atoms with van der Waals surface area (Å²) in [6.07, 6.45) is 1.88. The standard InChI is InChI=1S/C13H13ClN2O3S/c14-12-2-1-11(8-15)13(7-12)20(18,19)16-5-3-10(9-17)4-6-16/h1-2,7,9-10H,3-6H2. The van der Waals surface area contributed by atoms with Crippen molar-refractivity contribution in [3.63, 3.8) is 0 Å². The maximum Gasteiger partial charge on any atom is 0.244 e. The first-order valence-electron chi connectivity index (χ1n) is 6.14. The highest BCUT2D eigenvalue weighted by molar-refractivity contribution is 7.89. The quantitative estimate of drug-likeness (QED) is 0.797. The fraction of sp³-hybridized carbons (Fsp3) is 0.385. The number of nitrogens with zero attached hydrogens (tertiary/aromatic N) is 2. The molecular formula is C13H13ClN2O3S. The zero-order valence-corrected chi connectivity index (χ0v) is 12.2. The van der Waals surface area contributed by atoms with E-state index in [1.165, 1.54) is 22.5 Å². The molecule has 0 aliphatic carbocycles. The summed E-state index contributed by atoms with van der Waals surface area (Å²) in [6.45, 7) is 0.562.